The van der Waals surface area contributed by atoms with E-state index in [-0.39, 0.29) is 11.9 Å². The van der Waals surface area contributed by atoms with Gasteiger partial charge in [0.15, 0.2) is 0 Å². The molecule has 1 unspecified atom stereocenters. The van der Waals surface area contributed by atoms with E-state index in [0.29, 0.717) is 6.54 Å². The quantitative estimate of drug-likeness (QED) is 0.923. The van der Waals surface area contributed by atoms with Crippen LogP contribution in [0.25, 0.3) is 0 Å². The van der Waals surface area contributed by atoms with Crippen LogP contribution in [-0.2, 0) is 4.79 Å². The average molecular weight is 287 g/mol. The summed E-state index contributed by atoms with van der Waals surface area (Å²) in [5.41, 5.74) is 1.15. The normalized spacial score (nSPS) is 17.8. The Labute approximate surface area is 117 Å². The molecule has 5 heteroatoms. The van der Waals surface area contributed by atoms with E-state index in [4.69, 9.17) is 11.6 Å². The number of nitrogens with zero attached hydrogens (tertiary/aromatic N) is 1. The number of likely N-dealkylation sites (tertiary alicyclic amines) is 1. The Bertz CT molecular complexity index is 401. The van der Waals surface area contributed by atoms with Gasteiger partial charge in [0.2, 0.25) is 5.91 Å². The second-order valence-electron chi connectivity index (χ2n) is 4.73. The molecule has 0 aromatic carbocycles. The van der Waals surface area contributed by atoms with Crippen molar-refractivity contribution in [1.82, 2.24) is 10.2 Å². The van der Waals surface area contributed by atoms with Crippen LogP contribution < -0.4 is 5.32 Å². The lowest BCUT2D eigenvalue weighted by Crippen LogP contribution is -2.41. The molecule has 0 radical (unpaired) electrons. The standard InChI is InChI=1S/C13H19ClN2OS/c1-10(11-7-12(14)18-9-11)15-8-13(17)16-5-3-2-4-6-16/h7,9-10,15H,2-6,8H2,1H3. The number of piperidine rings is 1. The van der Waals surface area contributed by atoms with Crippen molar-refractivity contribution in [3.63, 3.8) is 0 Å². The Morgan fingerprint density at radius 1 is 1.50 bits per heavy atom. The van der Waals surface area contributed by atoms with E-state index in [1.807, 2.05) is 16.3 Å². The molecule has 1 saturated heterocycles. The Morgan fingerprint density at radius 3 is 2.83 bits per heavy atom. The molecule has 1 aromatic rings. The number of hydrogen-bond donors (Lipinski definition) is 1. The molecule has 0 aliphatic carbocycles. The molecular formula is C13H19ClN2OS. The summed E-state index contributed by atoms with van der Waals surface area (Å²) in [6, 6.07) is 2.12. The Balaban J connectivity index is 1.78. The number of amides is 1. The van der Waals surface area contributed by atoms with E-state index in [9.17, 15) is 4.79 Å². The molecule has 0 bridgehead atoms. The third-order valence-electron chi connectivity index (χ3n) is 3.36. The van der Waals surface area contributed by atoms with Crippen LogP contribution in [0, 0.1) is 0 Å². The molecule has 1 N–H and O–H groups in total. The van der Waals surface area contributed by atoms with Crippen LogP contribution in [-0.4, -0.2) is 30.4 Å². The predicted octanol–water partition coefficient (Wildman–Crippen LogP) is 3.06. The van der Waals surface area contributed by atoms with Gasteiger partial charge in [-0.25, -0.2) is 0 Å². The fourth-order valence-electron chi connectivity index (χ4n) is 2.16. The number of thiophene rings is 1. The number of nitrogens with one attached hydrogen (secondary N) is 1. The number of carbonyl (C=O) groups is 1. The monoisotopic (exact) mass is 286 g/mol. The largest absolute Gasteiger partial charge is 0.342 e. The first-order valence-electron chi connectivity index (χ1n) is 6.42. The highest BCUT2D eigenvalue weighted by Gasteiger charge is 2.17. The zero-order valence-corrected chi connectivity index (χ0v) is 12.2. The summed E-state index contributed by atoms with van der Waals surface area (Å²) >= 11 is 7.43. The van der Waals surface area contributed by atoms with Crippen molar-refractivity contribution in [2.75, 3.05) is 19.6 Å². The van der Waals surface area contributed by atoms with Gasteiger partial charge >= 0.3 is 0 Å². The molecule has 2 rings (SSSR count). The van der Waals surface area contributed by atoms with Gasteiger partial charge in [-0.2, -0.15) is 0 Å². The first-order chi connectivity index (χ1) is 8.66. The lowest BCUT2D eigenvalue weighted by atomic mass is 10.1. The molecule has 1 aromatic heterocycles. The van der Waals surface area contributed by atoms with E-state index >= 15 is 0 Å². The van der Waals surface area contributed by atoms with Crippen LogP contribution in [0.2, 0.25) is 4.34 Å². The lowest BCUT2D eigenvalue weighted by Gasteiger charge is -2.27. The minimum absolute atomic E-state index is 0.169. The van der Waals surface area contributed by atoms with Crippen molar-refractivity contribution in [2.45, 2.75) is 32.2 Å². The van der Waals surface area contributed by atoms with E-state index in [1.54, 1.807) is 0 Å². The molecule has 0 saturated carbocycles. The van der Waals surface area contributed by atoms with E-state index in [1.165, 1.54) is 17.8 Å². The van der Waals surface area contributed by atoms with Gasteiger partial charge in [-0.15, -0.1) is 11.3 Å². The summed E-state index contributed by atoms with van der Waals surface area (Å²) in [4.78, 5) is 13.9. The molecule has 1 amide bonds. The molecular weight excluding hydrogens is 268 g/mol. The van der Waals surface area contributed by atoms with E-state index in [2.05, 4.69) is 12.2 Å². The summed E-state index contributed by atoms with van der Waals surface area (Å²) in [6.45, 7) is 4.30. The van der Waals surface area contributed by atoms with Crippen molar-refractivity contribution >= 4 is 28.8 Å². The molecule has 3 nitrogen and oxygen atoms in total. The van der Waals surface area contributed by atoms with Gasteiger partial charge in [0.25, 0.3) is 0 Å². The van der Waals surface area contributed by atoms with Crippen LogP contribution in [0.1, 0.15) is 37.8 Å². The van der Waals surface area contributed by atoms with Crippen LogP contribution >= 0.6 is 22.9 Å². The third-order valence-corrected chi connectivity index (χ3v) is 4.47. The van der Waals surface area contributed by atoms with E-state index < -0.39 is 0 Å². The number of halogens is 1. The van der Waals surface area contributed by atoms with Gasteiger partial charge in [-0.05, 0) is 43.2 Å². The molecule has 100 valence electrons. The Morgan fingerprint density at radius 2 is 2.22 bits per heavy atom. The number of hydrogen-bond acceptors (Lipinski definition) is 3. The van der Waals surface area contributed by atoms with Gasteiger partial charge < -0.3 is 10.2 Å². The first kappa shape index (κ1) is 13.8. The van der Waals surface area contributed by atoms with E-state index in [0.717, 1.165) is 35.8 Å². The smallest absolute Gasteiger partial charge is 0.236 e. The molecule has 1 aliphatic rings. The summed E-state index contributed by atoms with van der Waals surface area (Å²) in [5.74, 6) is 0.211. The van der Waals surface area contributed by atoms with Crippen molar-refractivity contribution < 1.29 is 4.79 Å². The zero-order chi connectivity index (χ0) is 13.0. The molecule has 2 heterocycles. The summed E-state index contributed by atoms with van der Waals surface area (Å²) in [6.07, 6.45) is 3.53. The fraction of sp³-hybridized carbons (Fsp3) is 0.615. The van der Waals surface area contributed by atoms with Gasteiger partial charge in [0, 0.05) is 19.1 Å². The minimum atomic E-state index is 0.169. The second-order valence-corrected chi connectivity index (χ2v) is 6.27. The Kier molecular flexibility index (Phi) is 5.03. The van der Waals surface area contributed by atoms with Crippen molar-refractivity contribution in [3.8, 4) is 0 Å². The number of carbonyl (C=O) groups excluding carboxylic acids is 1. The van der Waals surface area contributed by atoms with Crippen molar-refractivity contribution in [3.05, 3.63) is 21.3 Å². The molecule has 1 aliphatic heterocycles. The zero-order valence-electron chi connectivity index (χ0n) is 10.6. The number of rotatable bonds is 4. The summed E-state index contributed by atoms with van der Waals surface area (Å²) in [7, 11) is 0. The lowest BCUT2D eigenvalue weighted by molar-refractivity contribution is -0.131. The topological polar surface area (TPSA) is 32.3 Å². The van der Waals surface area contributed by atoms with Crippen LogP contribution in [0.4, 0.5) is 0 Å². The second kappa shape index (κ2) is 6.55. The molecule has 18 heavy (non-hydrogen) atoms. The van der Waals surface area contributed by atoms with Gasteiger partial charge in [0.1, 0.15) is 0 Å². The Hall–Kier alpha value is -0.580. The maximum Gasteiger partial charge on any atom is 0.236 e. The van der Waals surface area contributed by atoms with Gasteiger partial charge in [0.05, 0.1) is 10.9 Å². The van der Waals surface area contributed by atoms with Crippen LogP contribution in [0.3, 0.4) is 0 Å². The van der Waals surface area contributed by atoms with Gasteiger partial charge in [-0.1, -0.05) is 11.6 Å². The fourth-order valence-corrected chi connectivity index (χ4v) is 3.15. The van der Waals surface area contributed by atoms with Crippen LogP contribution in [0.15, 0.2) is 11.4 Å². The SMILES string of the molecule is CC(NCC(=O)N1CCCCC1)c1csc(Cl)c1. The molecule has 0 spiro atoms. The first-order valence-corrected chi connectivity index (χ1v) is 7.67. The predicted molar refractivity (Wildman–Crippen MR) is 76.2 cm³/mol. The third kappa shape index (κ3) is 3.70. The summed E-state index contributed by atoms with van der Waals surface area (Å²) in [5, 5.41) is 5.30. The van der Waals surface area contributed by atoms with Crippen LogP contribution in [0.5, 0.6) is 0 Å². The maximum atomic E-state index is 12.0. The van der Waals surface area contributed by atoms with Crippen molar-refractivity contribution in [1.29, 1.82) is 0 Å². The highest BCUT2D eigenvalue weighted by Crippen LogP contribution is 2.24. The minimum Gasteiger partial charge on any atom is -0.342 e. The maximum absolute atomic E-state index is 12.0. The average Bonchev–Trinajstić information content (AvgIpc) is 2.83. The highest BCUT2D eigenvalue weighted by atomic mass is 35.5. The summed E-state index contributed by atoms with van der Waals surface area (Å²) < 4.78 is 0.793. The van der Waals surface area contributed by atoms with Crippen molar-refractivity contribution in [2.24, 2.45) is 0 Å². The highest BCUT2D eigenvalue weighted by molar-refractivity contribution is 7.14. The van der Waals surface area contributed by atoms with Gasteiger partial charge in [-0.3, -0.25) is 4.79 Å². The molecule has 1 atom stereocenters. The molecule has 1 fully saturated rings.